The monoisotopic (exact) mass is 534 g/mol. The van der Waals surface area contributed by atoms with Gasteiger partial charge in [0.1, 0.15) is 11.4 Å². The molecule has 202 valence electrons. The minimum absolute atomic E-state index is 0.00487. The number of nitrogens with zero attached hydrogens (tertiary/aromatic N) is 1. The van der Waals surface area contributed by atoms with E-state index < -0.39 is 5.91 Å². The number of nitrogens with two attached hydrogens (primary N) is 2. The van der Waals surface area contributed by atoms with Crippen LogP contribution in [0.4, 0.5) is 5.69 Å². The van der Waals surface area contributed by atoms with Crippen molar-refractivity contribution in [2.24, 2.45) is 11.6 Å². The zero-order valence-electron chi connectivity index (χ0n) is 22.3. The van der Waals surface area contributed by atoms with Gasteiger partial charge in [0, 0.05) is 16.9 Å². The molecule has 0 saturated carbocycles. The summed E-state index contributed by atoms with van der Waals surface area (Å²) in [6.45, 7) is 4.79. The van der Waals surface area contributed by atoms with Crippen molar-refractivity contribution in [2.75, 3.05) is 5.32 Å². The van der Waals surface area contributed by atoms with Crippen LogP contribution in [0.1, 0.15) is 57.9 Å². The quantitative estimate of drug-likeness (QED) is 0.0876. The molecule has 0 heterocycles. The number of ether oxygens (including phenoxy) is 1. The minimum atomic E-state index is -0.429. The number of benzene rings is 3. The van der Waals surface area contributed by atoms with Crippen LogP contribution in [0.15, 0.2) is 84.7 Å². The predicted octanol–water partition coefficient (Wildman–Crippen LogP) is 7.25. The molecule has 1 unspecified atom stereocenters. The van der Waals surface area contributed by atoms with E-state index in [1.54, 1.807) is 6.07 Å². The van der Waals surface area contributed by atoms with E-state index in [0.29, 0.717) is 17.3 Å². The molecule has 0 fully saturated rings. The Morgan fingerprint density at radius 3 is 2.29 bits per heavy atom. The number of rotatable bonds is 14. The number of hydrogen-bond acceptors (Lipinski definition) is 5. The van der Waals surface area contributed by atoms with Crippen LogP contribution in [0, 0.1) is 0 Å². The number of amides is 1. The summed E-state index contributed by atoms with van der Waals surface area (Å²) in [4.78, 5) is 12.5. The smallest absolute Gasteiger partial charge is 0.273 e. The second-order valence-electron chi connectivity index (χ2n) is 9.47. The molecule has 0 aliphatic rings. The van der Waals surface area contributed by atoms with Crippen LogP contribution in [0.5, 0.6) is 5.75 Å². The molecular weight excluding hydrogens is 496 g/mol. The van der Waals surface area contributed by atoms with Crippen molar-refractivity contribution in [1.29, 1.82) is 0 Å². The third kappa shape index (κ3) is 9.43. The molecule has 0 saturated heterocycles. The molecule has 1 atom stereocenters. The lowest BCUT2D eigenvalue weighted by molar-refractivity contribution is -0.113. The minimum Gasteiger partial charge on any atom is -0.490 e. The third-order valence-corrected chi connectivity index (χ3v) is 6.43. The Morgan fingerprint density at radius 1 is 0.974 bits per heavy atom. The second-order valence-corrected chi connectivity index (χ2v) is 9.90. The topological polar surface area (TPSA) is 93.6 Å². The van der Waals surface area contributed by atoms with Gasteiger partial charge in [-0.25, -0.2) is 5.84 Å². The van der Waals surface area contributed by atoms with Gasteiger partial charge in [0.2, 0.25) is 0 Å². The summed E-state index contributed by atoms with van der Waals surface area (Å²) in [7, 11) is 0. The van der Waals surface area contributed by atoms with Gasteiger partial charge in [-0.3, -0.25) is 4.79 Å². The summed E-state index contributed by atoms with van der Waals surface area (Å²) in [6, 6.07) is 23.2. The highest BCUT2D eigenvalue weighted by molar-refractivity contribution is 6.30. The maximum Gasteiger partial charge on any atom is 0.273 e. The van der Waals surface area contributed by atoms with Crippen LogP contribution < -0.4 is 21.6 Å². The van der Waals surface area contributed by atoms with Gasteiger partial charge in [-0.05, 0) is 72.4 Å². The van der Waals surface area contributed by atoms with Gasteiger partial charge in [0.05, 0.1) is 12.6 Å². The molecule has 0 radical (unpaired) electrons. The molecule has 38 heavy (non-hydrogen) atoms. The van der Waals surface area contributed by atoms with Crippen molar-refractivity contribution >= 4 is 23.2 Å². The first-order chi connectivity index (χ1) is 18.4. The van der Waals surface area contributed by atoms with Crippen LogP contribution in [-0.4, -0.2) is 17.0 Å². The second kappa shape index (κ2) is 15.1. The van der Waals surface area contributed by atoms with E-state index in [-0.39, 0.29) is 11.8 Å². The number of anilines is 1. The van der Waals surface area contributed by atoms with Crippen LogP contribution in [-0.2, 0) is 11.3 Å². The zero-order valence-corrected chi connectivity index (χ0v) is 23.1. The Balaban J connectivity index is 1.55. The van der Waals surface area contributed by atoms with E-state index in [2.05, 4.69) is 31.3 Å². The van der Waals surface area contributed by atoms with Crippen LogP contribution in [0.25, 0.3) is 11.1 Å². The summed E-state index contributed by atoms with van der Waals surface area (Å²) < 4.78 is 6.26. The number of carbonyl (C=O) groups excluding carboxylic acids is 1. The average Bonchev–Trinajstić information content (AvgIpc) is 2.90. The maximum absolute atomic E-state index is 12.5. The lowest BCUT2D eigenvalue weighted by Gasteiger charge is -2.19. The Morgan fingerprint density at radius 2 is 1.66 bits per heavy atom. The number of hydrazine groups is 1. The van der Waals surface area contributed by atoms with Crippen LogP contribution in [0.3, 0.4) is 0 Å². The molecule has 6 nitrogen and oxygen atoms in total. The van der Waals surface area contributed by atoms with Gasteiger partial charge < -0.3 is 20.8 Å². The Labute approximate surface area is 231 Å². The third-order valence-electron chi connectivity index (χ3n) is 6.19. The summed E-state index contributed by atoms with van der Waals surface area (Å²) in [5.74, 6) is 6.47. The fraction of sp³-hybridized carbons (Fsp3) is 0.323. The largest absolute Gasteiger partial charge is 0.490 e. The maximum atomic E-state index is 12.5. The predicted molar refractivity (Wildman–Crippen MR) is 157 cm³/mol. The van der Waals surface area contributed by atoms with E-state index >= 15 is 0 Å². The van der Waals surface area contributed by atoms with Gasteiger partial charge in [0.25, 0.3) is 5.91 Å². The molecule has 5 N–H and O–H groups in total. The summed E-state index contributed by atoms with van der Waals surface area (Å²) in [5.41, 5.74) is 9.64. The Bertz CT molecular complexity index is 1180. The molecule has 0 bridgehead atoms. The van der Waals surface area contributed by atoms with Crippen molar-refractivity contribution in [3.63, 3.8) is 0 Å². The molecule has 3 aromatic carbocycles. The van der Waals surface area contributed by atoms with Gasteiger partial charge in [-0.2, -0.15) is 0 Å². The van der Waals surface area contributed by atoms with Gasteiger partial charge in [0.15, 0.2) is 0 Å². The van der Waals surface area contributed by atoms with Crippen molar-refractivity contribution in [2.45, 2.75) is 65.0 Å². The highest BCUT2D eigenvalue weighted by Crippen LogP contribution is 2.26. The number of unbranched alkanes of at least 4 members (excludes halogenated alkanes) is 2. The van der Waals surface area contributed by atoms with Gasteiger partial charge >= 0.3 is 0 Å². The van der Waals surface area contributed by atoms with E-state index in [0.717, 1.165) is 41.7 Å². The summed E-state index contributed by atoms with van der Waals surface area (Å²) >= 11 is 6.01. The van der Waals surface area contributed by atoms with E-state index in [9.17, 15) is 4.79 Å². The normalized spacial score (nSPS) is 12.2. The molecule has 0 aromatic heterocycles. The molecule has 7 heteroatoms. The van der Waals surface area contributed by atoms with E-state index in [1.165, 1.54) is 30.5 Å². The highest BCUT2D eigenvalue weighted by Gasteiger charge is 2.11. The van der Waals surface area contributed by atoms with Crippen LogP contribution in [0.2, 0.25) is 5.02 Å². The summed E-state index contributed by atoms with van der Waals surface area (Å²) in [5, 5.41) is 4.78. The molecule has 0 spiro atoms. The lowest BCUT2D eigenvalue weighted by Crippen LogP contribution is -2.29. The lowest BCUT2D eigenvalue weighted by atomic mass is 10.0. The highest BCUT2D eigenvalue weighted by atomic mass is 35.5. The number of hydrogen-bond donors (Lipinski definition) is 3. The first-order valence-electron chi connectivity index (χ1n) is 13.3. The van der Waals surface area contributed by atoms with E-state index in [1.807, 2.05) is 54.6 Å². The van der Waals surface area contributed by atoms with Crippen molar-refractivity contribution < 1.29 is 9.53 Å². The summed E-state index contributed by atoms with van der Waals surface area (Å²) in [6.07, 6.45) is 8.64. The van der Waals surface area contributed by atoms with Gasteiger partial charge in [-0.15, -0.1) is 0 Å². The number of halogens is 1. The number of nitrogens with one attached hydrogen (secondary N) is 1. The Hall–Kier alpha value is -3.48. The van der Waals surface area contributed by atoms with E-state index in [4.69, 9.17) is 27.9 Å². The number of carbonyl (C=O) groups is 1. The molecule has 3 aromatic rings. The zero-order chi connectivity index (χ0) is 27.3. The standard InChI is InChI=1S/C31H39ClN4O2/c1-3-5-6-11-28(8-4-2)38-29-18-14-25(15-19-29)24-12-16-27(17-13-24)35-31(37)30(33)22-36(34)21-23-9-7-10-26(32)20-23/h7,9-10,12-20,22,28H,3-6,8,11,21,33-34H2,1-2H3,(H,35,37)/b30-22-. The molecule has 3 rings (SSSR count). The average molecular weight is 535 g/mol. The fourth-order valence-electron chi connectivity index (χ4n) is 4.20. The fourth-order valence-corrected chi connectivity index (χ4v) is 4.42. The molecule has 0 aliphatic heterocycles. The van der Waals surface area contributed by atoms with Crippen molar-refractivity contribution in [3.8, 4) is 16.9 Å². The SMILES string of the molecule is CCCCCC(CCC)Oc1ccc(-c2ccc(NC(=O)/C(N)=C/N(N)Cc3cccc(Cl)c3)cc2)cc1. The first kappa shape index (κ1) is 29.1. The van der Waals surface area contributed by atoms with Crippen LogP contribution >= 0.6 is 11.6 Å². The van der Waals surface area contributed by atoms with Gasteiger partial charge in [-0.1, -0.05) is 81.1 Å². The van der Waals surface area contributed by atoms with Crippen molar-refractivity contribution in [1.82, 2.24) is 5.01 Å². The molecular formula is C31H39ClN4O2. The van der Waals surface area contributed by atoms with Crippen molar-refractivity contribution in [3.05, 3.63) is 95.3 Å². The molecule has 0 aliphatic carbocycles. The Kier molecular flexibility index (Phi) is 11.5. The molecule has 1 amide bonds. The first-order valence-corrected chi connectivity index (χ1v) is 13.7.